The molecule has 1 aliphatic heterocycles. The molecule has 0 atom stereocenters. The molecule has 1 aromatic heterocycles. The second-order valence-corrected chi connectivity index (χ2v) is 3.64. The maximum Gasteiger partial charge on any atom is 0.0642 e. The molecule has 2 rings (SSSR count). The predicted molar refractivity (Wildman–Crippen MR) is 60.0 cm³/mol. The zero-order valence-electron chi connectivity index (χ0n) is 8.85. The van der Waals surface area contributed by atoms with E-state index in [-0.39, 0.29) is 0 Å². The summed E-state index contributed by atoms with van der Waals surface area (Å²) in [6, 6.07) is 2.07. The molecule has 1 aromatic rings. The van der Waals surface area contributed by atoms with Gasteiger partial charge in [0, 0.05) is 31.2 Å². The summed E-state index contributed by atoms with van der Waals surface area (Å²) < 4.78 is 5.34. The second kappa shape index (κ2) is 5.09. The molecule has 1 fully saturated rings. The van der Waals surface area contributed by atoms with Crippen LogP contribution in [0.5, 0.6) is 0 Å². The first kappa shape index (κ1) is 10.4. The van der Waals surface area contributed by atoms with E-state index in [1.54, 1.807) is 0 Å². The van der Waals surface area contributed by atoms with E-state index in [2.05, 4.69) is 16.0 Å². The van der Waals surface area contributed by atoms with Gasteiger partial charge in [-0.3, -0.25) is 4.98 Å². The van der Waals surface area contributed by atoms with Crippen LogP contribution in [0.1, 0.15) is 5.56 Å². The van der Waals surface area contributed by atoms with Gasteiger partial charge in [0.1, 0.15) is 0 Å². The Hall–Kier alpha value is -1.13. The molecule has 0 aromatic carbocycles. The third-order valence-electron chi connectivity index (χ3n) is 2.64. The van der Waals surface area contributed by atoms with Crippen LogP contribution in [0.15, 0.2) is 18.5 Å². The largest absolute Gasteiger partial charge is 0.378 e. The van der Waals surface area contributed by atoms with Crippen molar-refractivity contribution < 1.29 is 4.74 Å². The van der Waals surface area contributed by atoms with Gasteiger partial charge >= 0.3 is 0 Å². The average molecular weight is 207 g/mol. The third-order valence-corrected chi connectivity index (χ3v) is 2.64. The molecule has 82 valence electrons. The highest BCUT2D eigenvalue weighted by molar-refractivity contribution is 5.52. The van der Waals surface area contributed by atoms with Gasteiger partial charge in [0.15, 0.2) is 0 Å². The van der Waals surface area contributed by atoms with Gasteiger partial charge in [-0.1, -0.05) is 0 Å². The van der Waals surface area contributed by atoms with Gasteiger partial charge in [-0.2, -0.15) is 0 Å². The highest BCUT2D eigenvalue weighted by Crippen LogP contribution is 2.20. The molecule has 0 saturated carbocycles. The quantitative estimate of drug-likeness (QED) is 0.780. The van der Waals surface area contributed by atoms with Crippen LogP contribution in [-0.4, -0.2) is 37.8 Å². The van der Waals surface area contributed by atoms with Crippen molar-refractivity contribution in [1.82, 2.24) is 4.98 Å². The van der Waals surface area contributed by atoms with Crippen molar-refractivity contribution in [2.75, 3.05) is 37.7 Å². The maximum atomic E-state index is 5.59. The summed E-state index contributed by atoms with van der Waals surface area (Å²) in [4.78, 5) is 6.49. The van der Waals surface area contributed by atoms with E-state index in [1.165, 1.54) is 11.3 Å². The lowest BCUT2D eigenvalue weighted by molar-refractivity contribution is 0.122. The third kappa shape index (κ3) is 2.46. The zero-order valence-corrected chi connectivity index (χ0v) is 8.85. The van der Waals surface area contributed by atoms with E-state index in [0.717, 1.165) is 32.7 Å². The summed E-state index contributed by atoms with van der Waals surface area (Å²) in [7, 11) is 0. The van der Waals surface area contributed by atoms with E-state index >= 15 is 0 Å². The predicted octanol–water partition coefficient (Wildman–Crippen LogP) is 0.419. The summed E-state index contributed by atoms with van der Waals surface area (Å²) in [5, 5.41) is 0. The molecular formula is C11H17N3O. The number of hydrogen-bond acceptors (Lipinski definition) is 4. The summed E-state index contributed by atoms with van der Waals surface area (Å²) in [5.41, 5.74) is 8.09. The Morgan fingerprint density at radius 1 is 1.40 bits per heavy atom. The number of morpholine rings is 1. The van der Waals surface area contributed by atoms with Gasteiger partial charge < -0.3 is 15.4 Å². The van der Waals surface area contributed by atoms with Gasteiger partial charge in [0.05, 0.1) is 13.2 Å². The molecular weight excluding hydrogens is 190 g/mol. The first-order chi connectivity index (χ1) is 7.42. The number of hydrogen-bond donors (Lipinski definition) is 1. The Labute approximate surface area is 90.0 Å². The molecule has 4 nitrogen and oxygen atoms in total. The van der Waals surface area contributed by atoms with Crippen molar-refractivity contribution in [3.63, 3.8) is 0 Å². The smallest absolute Gasteiger partial charge is 0.0642 e. The number of nitrogens with two attached hydrogens (primary N) is 1. The van der Waals surface area contributed by atoms with Crippen LogP contribution in [0.4, 0.5) is 5.69 Å². The molecule has 0 amide bonds. The van der Waals surface area contributed by atoms with Crippen LogP contribution in [0.25, 0.3) is 0 Å². The van der Waals surface area contributed by atoms with Crippen molar-refractivity contribution in [2.24, 2.45) is 5.73 Å². The van der Waals surface area contributed by atoms with Gasteiger partial charge in [-0.05, 0) is 24.6 Å². The van der Waals surface area contributed by atoms with E-state index in [0.29, 0.717) is 6.54 Å². The number of pyridine rings is 1. The van der Waals surface area contributed by atoms with Crippen LogP contribution in [0, 0.1) is 0 Å². The summed E-state index contributed by atoms with van der Waals surface area (Å²) in [6.45, 7) is 4.21. The van der Waals surface area contributed by atoms with Crippen LogP contribution >= 0.6 is 0 Å². The lowest BCUT2D eigenvalue weighted by Crippen LogP contribution is -2.36. The fraction of sp³-hybridized carbons (Fsp3) is 0.545. The molecule has 2 heterocycles. The molecule has 4 heteroatoms. The van der Waals surface area contributed by atoms with E-state index < -0.39 is 0 Å². The van der Waals surface area contributed by atoms with Gasteiger partial charge in [0.2, 0.25) is 0 Å². The SMILES string of the molecule is NCCc1cnccc1N1CCOCC1. The number of aromatic nitrogens is 1. The fourth-order valence-corrected chi connectivity index (χ4v) is 1.88. The molecule has 1 saturated heterocycles. The normalized spacial score (nSPS) is 16.7. The van der Waals surface area contributed by atoms with Crippen LogP contribution in [0.3, 0.4) is 0 Å². The molecule has 15 heavy (non-hydrogen) atoms. The molecule has 0 bridgehead atoms. The fourth-order valence-electron chi connectivity index (χ4n) is 1.88. The maximum absolute atomic E-state index is 5.59. The van der Waals surface area contributed by atoms with E-state index in [4.69, 9.17) is 10.5 Å². The lowest BCUT2D eigenvalue weighted by atomic mass is 10.1. The minimum Gasteiger partial charge on any atom is -0.378 e. The monoisotopic (exact) mass is 207 g/mol. The molecule has 0 radical (unpaired) electrons. The molecule has 0 unspecified atom stereocenters. The Bertz CT molecular complexity index is 310. The lowest BCUT2D eigenvalue weighted by Gasteiger charge is -2.30. The summed E-state index contributed by atoms with van der Waals surface area (Å²) in [6.07, 6.45) is 4.64. The van der Waals surface area contributed by atoms with Gasteiger partial charge in [-0.15, -0.1) is 0 Å². The minimum atomic E-state index is 0.670. The van der Waals surface area contributed by atoms with Crippen molar-refractivity contribution in [3.8, 4) is 0 Å². The molecule has 2 N–H and O–H groups in total. The van der Waals surface area contributed by atoms with Crippen LogP contribution < -0.4 is 10.6 Å². The number of rotatable bonds is 3. The van der Waals surface area contributed by atoms with Crippen molar-refractivity contribution in [2.45, 2.75) is 6.42 Å². The van der Waals surface area contributed by atoms with Gasteiger partial charge in [-0.25, -0.2) is 0 Å². The highest BCUT2D eigenvalue weighted by atomic mass is 16.5. The van der Waals surface area contributed by atoms with Crippen LogP contribution in [0.2, 0.25) is 0 Å². The Balaban J connectivity index is 2.17. The summed E-state index contributed by atoms with van der Waals surface area (Å²) >= 11 is 0. The summed E-state index contributed by atoms with van der Waals surface area (Å²) in [5.74, 6) is 0. The van der Waals surface area contributed by atoms with Crippen LogP contribution in [-0.2, 0) is 11.2 Å². The Kier molecular flexibility index (Phi) is 3.53. The van der Waals surface area contributed by atoms with E-state index in [9.17, 15) is 0 Å². The Morgan fingerprint density at radius 2 is 2.20 bits per heavy atom. The van der Waals surface area contributed by atoms with Crippen molar-refractivity contribution in [1.29, 1.82) is 0 Å². The number of anilines is 1. The Morgan fingerprint density at radius 3 is 2.93 bits per heavy atom. The highest BCUT2D eigenvalue weighted by Gasteiger charge is 2.13. The van der Waals surface area contributed by atoms with Gasteiger partial charge in [0.25, 0.3) is 0 Å². The standard InChI is InChI=1S/C11H17N3O/c12-3-1-10-9-13-4-2-11(10)14-5-7-15-8-6-14/h2,4,9H,1,3,5-8,12H2. The topological polar surface area (TPSA) is 51.4 Å². The second-order valence-electron chi connectivity index (χ2n) is 3.64. The first-order valence-corrected chi connectivity index (χ1v) is 5.37. The van der Waals surface area contributed by atoms with Crippen molar-refractivity contribution >= 4 is 5.69 Å². The van der Waals surface area contributed by atoms with Crippen molar-refractivity contribution in [3.05, 3.63) is 24.0 Å². The molecule has 0 aliphatic carbocycles. The first-order valence-electron chi connectivity index (χ1n) is 5.37. The molecule has 1 aliphatic rings. The zero-order chi connectivity index (χ0) is 10.5. The molecule has 0 spiro atoms. The average Bonchev–Trinajstić information content (AvgIpc) is 2.31. The number of ether oxygens (including phenoxy) is 1. The number of nitrogens with zero attached hydrogens (tertiary/aromatic N) is 2. The minimum absolute atomic E-state index is 0.670. The van der Waals surface area contributed by atoms with E-state index in [1.807, 2.05) is 12.4 Å².